The van der Waals surface area contributed by atoms with Gasteiger partial charge in [-0.2, -0.15) is 0 Å². The molecular formula is C9H9FOS. The largest absolute Gasteiger partial charge is 0.508 e. The number of alkyl halides is 1. The maximum Gasteiger partial charge on any atom is 0.127 e. The number of phenols is 1. The number of rotatable bonds is 0. The number of halogens is 1. The molecule has 1 heterocycles. The fourth-order valence-electron chi connectivity index (χ4n) is 1.34. The Kier molecular flexibility index (Phi) is 1.97. The Morgan fingerprint density at radius 1 is 1.50 bits per heavy atom. The molecule has 0 saturated carbocycles. The van der Waals surface area contributed by atoms with Crippen LogP contribution in [-0.4, -0.2) is 10.9 Å². The minimum absolute atomic E-state index is 0.152. The maximum atomic E-state index is 13.2. The van der Waals surface area contributed by atoms with Crippen LogP contribution in [0.15, 0.2) is 23.1 Å². The first-order valence-corrected chi connectivity index (χ1v) is 4.86. The van der Waals surface area contributed by atoms with Crippen LogP contribution in [0.5, 0.6) is 5.75 Å². The molecule has 0 fully saturated rings. The van der Waals surface area contributed by atoms with Crippen LogP contribution in [0.3, 0.4) is 0 Å². The van der Waals surface area contributed by atoms with E-state index in [9.17, 15) is 4.39 Å². The number of benzene rings is 1. The number of hydrogen-bond acceptors (Lipinski definition) is 2. The summed E-state index contributed by atoms with van der Waals surface area (Å²) >= 11 is 1.65. The van der Waals surface area contributed by atoms with Gasteiger partial charge in [-0.25, -0.2) is 4.39 Å². The zero-order chi connectivity index (χ0) is 8.55. The van der Waals surface area contributed by atoms with Crippen molar-refractivity contribution in [3.8, 4) is 5.75 Å². The van der Waals surface area contributed by atoms with Crippen molar-refractivity contribution < 1.29 is 9.50 Å². The highest BCUT2D eigenvalue weighted by molar-refractivity contribution is 7.99. The van der Waals surface area contributed by atoms with Gasteiger partial charge in [0.2, 0.25) is 0 Å². The molecule has 1 unspecified atom stereocenters. The molecule has 1 nitrogen and oxygen atoms in total. The van der Waals surface area contributed by atoms with Gasteiger partial charge in [-0.1, -0.05) is 0 Å². The summed E-state index contributed by atoms with van der Waals surface area (Å²) in [5, 5.41) is 9.13. The molecule has 12 heavy (non-hydrogen) atoms. The number of fused-ring (bicyclic) bond motifs is 1. The highest BCUT2D eigenvalue weighted by Gasteiger charge is 2.19. The molecule has 1 N–H and O–H groups in total. The first-order valence-electron chi connectivity index (χ1n) is 3.87. The van der Waals surface area contributed by atoms with Crippen molar-refractivity contribution in [3.63, 3.8) is 0 Å². The monoisotopic (exact) mass is 184 g/mol. The second-order valence-electron chi connectivity index (χ2n) is 2.83. The number of hydrogen-bond donors (Lipinski definition) is 1. The van der Waals surface area contributed by atoms with Crippen molar-refractivity contribution >= 4 is 11.8 Å². The molecule has 0 amide bonds. The summed E-state index contributed by atoms with van der Waals surface area (Å²) in [5.74, 6) is 0.984. The van der Waals surface area contributed by atoms with Crippen LogP contribution >= 0.6 is 11.8 Å². The molecule has 0 bridgehead atoms. The first kappa shape index (κ1) is 7.92. The highest BCUT2D eigenvalue weighted by atomic mass is 32.2. The normalized spacial score (nSPS) is 21.9. The standard InChI is InChI=1S/C9H9FOS/c10-8-3-4-12-9-2-1-6(11)5-7(8)9/h1-2,5,8,11H,3-4H2. The van der Waals surface area contributed by atoms with Gasteiger partial charge in [-0.3, -0.25) is 0 Å². The zero-order valence-electron chi connectivity index (χ0n) is 6.46. The average molecular weight is 184 g/mol. The van der Waals surface area contributed by atoms with E-state index in [1.807, 2.05) is 0 Å². The minimum Gasteiger partial charge on any atom is -0.508 e. The van der Waals surface area contributed by atoms with E-state index in [-0.39, 0.29) is 5.75 Å². The number of phenolic OH excluding ortho intramolecular Hbond substituents is 1. The molecule has 1 aliphatic heterocycles. The lowest BCUT2D eigenvalue weighted by Crippen LogP contribution is -2.01. The van der Waals surface area contributed by atoms with Crippen LogP contribution in [0.25, 0.3) is 0 Å². The van der Waals surface area contributed by atoms with Crippen molar-refractivity contribution in [3.05, 3.63) is 23.8 Å². The molecule has 1 aromatic carbocycles. The molecule has 0 aliphatic carbocycles. The third-order valence-corrected chi connectivity index (χ3v) is 3.08. The van der Waals surface area contributed by atoms with Gasteiger partial charge in [0.1, 0.15) is 11.9 Å². The lowest BCUT2D eigenvalue weighted by molar-refractivity contribution is 0.327. The van der Waals surface area contributed by atoms with E-state index in [1.165, 1.54) is 6.07 Å². The molecule has 2 rings (SSSR count). The van der Waals surface area contributed by atoms with E-state index in [0.717, 1.165) is 10.6 Å². The van der Waals surface area contributed by atoms with Crippen molar-refractivity contribution in [1.29, 1.82) is 0 Å². The Bertz CT molecular complexity index is 301. The van der Waals surface area contributed by atoms with Crippen LogP contribution < -0.4 is 0 Å². The lowest BCUT2D eigenvalue weighted by atomic mass is 10.1. The number of thioether (sulfide) groups is 1. The Hall–Kier alpha value is -0.700. The van der Waals surface area contributed by atoms with Gasteiger partial charge in [0.25, 0.3) is 0 Å². The predicted molar refractivity (Wildman–Crippen MR) is 47.3 cm³/mol. The predicted octanol–water partition coefficient (Wildman–Crippen LogP) is 2.90. The number of aromatic hydroxyl groups is 1. The second-order valence-corrected chi connectivity index (χ2v) is 3.96. The smallest absolute Gasteiger partial charge is 0.127 e. The van der Waals surface area contributed by atoms with E-state index in [1.54, 1.807) is 23.9 Å². The fourth-order valence-corrected chi connectivity index (χ4v) is 2.40. The van der Waals surface area contributed by atoms with Crippen molar-refractivity contribution in [2.45, 2.75) is 17.5 Å². The van der Waals surface area contributed by atoms with Crippen LogP contribution in [0.2, 0.25) is 0 Å². The van der Waals surface area contributed by atoms with Crippen molar-refractivity contribution in [2.75, 3.05) is 5.75 Å². The van der Waals surface area contributed by atoms with Crippen LogP contribution in [0.4, 0.5) is 4.39 Å². The SMILES string of the molecule is Oc1ccc2c(c1)C(F)CCS2. The third kappa shape index (κ3) is 1.29. The van der Waals surface area contributed by atoms with Gasteiger partial charge in [0, 0.05) is 16.2 Å². The molecule has 0 saturated heterocycles. The molecule has 0 spiro atoms. The second kappa shape index (κ2) is 2.98. The zero-order valence-corrected chi connectivity index (χ0v) is 7.27. The van der Waals surface area contributed by atoms with Gasteiger partial charge in [-0.15, -0.1) is 11.8 Å². The summed E-state index contributed by atoms with van der Waals surface area (Å²) in [6.07, 6.45) is -0.338. The third-order valence-electron chi connectivity index (χ3n) is 1.96. The molecule has 1 aromatic rings. The summed E-state index contributed by atoms with van der Waals surface area (Å²) in [6.45, 7) is 0. The van der Waals surface area contributed by atoms with E-state index >= 15 is 0 Å². The molecule has 1 aliphatic rings. The van der Waals surface area contributed by atoms with E-state index in [4.69, 9.17) is 5.11 Å². The summed E-state index contributed by atoms with van der Waals surface area (Å²) in [4.78, 5) is 0.964. The van der Waals surface area contributed by atoms with E-state index in [2.05, 4.69) is 0 Å². The van der Waals surface area contributed by atoms with Gasteiger partial charge >= 0.3 is 0 Å². The Morgan fingerprint density at radius 2 is 2.33 bits per heavy atom. The summed E-state index contributed by atoms with van der Waals surface area (Å²) in [6, 6.07) is 4.90. The summed E-state index contributed by atoms with van der Waals surface area (Å²) in [5.41, 5.74) is 0.645. The molecule has 0 radical (unpaired) electrons. The average Bonchev–Trinajstić information content (AvgIpc) is 2.07. The topological polar surface area (TPSA) is 20.2 Å². The van der Waals surface area contributed by atoms with Crippen molar-refractivity contribution in [2.24, 2.45) is 0 Å². The van der Waals surface area contributed by atoms with Gasteiger partial charge in [0.05, 0.1) is 0 Å². The lowest BCUT2D eigenvalue weighted by Gasteiger charge is -2.18. The van der Waals surface area contributed by atoms with Gasteiger partial charge < -0.3 is 5.11 Å². The Morgan fingerprint density at radius 3 is 3.17 bits per heavy atom. The van der Waals surface area contributed by atoms with Gasteiger partial charge in [-0.05, 0) is 24.6 Å². The molecule has 0 aromatic heterocycles. The first-order chi connectivity index (χ1) is 5.77. The van der Waals surface area contributed by atoms with E-state index < -0.39 is 6.17 Å². The summed E-state index contributed by atoms with van der Waals surface area (Å²) < 4.78 is 13.2. The van der Waals surface area contributed by atoms with Gasteiger partial charge in [0.15, 0.2) is 0 Å². The van der Waals surface area contributed by atoms with Crippen LogP contribution in [0, 0.1) is 0 Å². The van der Waals surface area contributed by atoms with Crippen LogP contribution in [0.1, 0.15) is 18.2 Å². The van der Waals surface area contributed by atoms with E-state index in [0.29, 0.717) is 12.0 Å². The highest BCUT2D eigenvalue weighted by Crippen LogP contribution is 2.39. The quantitative estimate of drug-likeness (QED) is 0.669. The Labute approximate surface area is 74.6 Å². The van der Waals surface area contributed by atoms with Crippen LogP contribution in [-0.2, 0) is 0 Å². The molecule has 3 heteroatoms. The van der Waals surface area contributed by atoms with Crippen molar-refractivity contribution in [1.82, 2.24) is 0 Å². The molecular weight excluding hydrogens is 175 g/mol. The molecule has 1 atom stereocenters. The maximum absolute atomic E-state index is 13.2. The minimum atomic E-state index is -0.895. The fraction of sp³-hybridized carbons (Fsp3) is 0.333. The summed E-state index contributed by atoms with van der Waals surface area (Å²) in [7, 11) is 0. The molecule has 64 valence electrons. The Balaban J connectivity index is 2.47.